The van der Waals surface area contributed by atoms with Crippen LogP contribution in [0.5, 0.6) is 0 Å². The van der Waals surface area contributed by atoms with E-state index in [9.17, 15) is 0 Å². The van der Waals surface area contributed by atoms with Gasteiger partial charge in [0, 0.05) is 22.6 Å². The summed E-state index contributed by atoms with van der Waals surface area (Å²) < 4.78 is 0. The molecule has 0 aliphatic heterocycles. The summed E-state index contributed by atoms with van der Waals surface area (Å²) in [5.41, 5.74) is 6.70. The lowest BCUT2D eigenvalue weighted by molar-refractivity contribution is 0.548. The summed E-state index contributed by atoms with van der Waals surface area (Å²) in [4.78, 5) is 0. The highest BCUT2D eigenvalue weighted by molar-refractivity contribution is 6.35. The van der Waals surface area contributed by atoms with Crippen LogP contribution in [0.2, 0.25) is 10.0 Å². The molecule has 1 rings (SSSR count). The van der Waals surface area contributed by atoms with E-state index in [1.165, 1.54) is 0 Å². The van der Waals surface area contributed by atoms with Crippen LogP contribution in [0.15, 0.2) is 30.9 Å². The Labute approximate surface area is 106 Å². The molecule has 0 bridgehead atoms. The van der Waals surface area contributed by atoms with Crippen molar-refractivity contribution in [3.63, 3.8) is 0 Å². The molecular weight excluding hydrogens is 243 g/mol. The maximum Gasteiger partial charge on any atom is 0.0469 e. The molecule has 0 aliphatic rings. The van der Waals surface area contributed by atoms with Gasteiger partial charge in [-0.2, -0.15) is 0 Å². The van der Waals surface area contributed by atoms with Crippen LogP contribution >= 0.6 is 23.2 Å². The average Bonchev–Trinajstić information content (AvgIpc) is 2.26. The second-order valence-corrected chi connectivity index (χ2v) is 4.33. The van der Waals surface area contributed by atoms with E-state index in [2.05, 4.69) is 11.9 Å². The van der Waals surface area contributed by atoms with Crippen molar-refractivity contribution in [1.82, 2.24) is 5.32 Å². The van der Waals surface area contributed by atoms with Gasteiger partial charge in [-0.1, -0.05) is 35.3 Å². The van der Waals surface area contributed by atoms with Gasteiger partial charge in [0.25, 0.3) is 0 Å². The van der Waals surface area contributed by atoms with E-state index in [4.69, 9.17) is 28.9 Å². The van der Waals surface area contributed by atoms with E-state index in [0.717, 1.165) is 18.5 Å². The molecule has 0 radical (unpaired) electrons. The monoisotopic (exact) mass is 258 g/mol. The summed E-state index contributed by atoms with van der Waals surface area (Å²) >= 11 is 12.0. The first-order chi connectivity index (χ1) is 7.69. The van der Waals surface area contributed by atoms with Gasteiger partial charge >= 0.3 is 0 Å². The fourth-order valence-corrected chi connectivity index (χ4v) is 2.00. The van der Waals surface area contributed by atoms with Crippen LogP contribution in [0.25, 0.3) is 0 Å². The lowest BCUT2D eigenvalue weighted by Crippen LogP contribution is -2.29. The maximum absolute atomic E-state index is 6.12. The Morgan fingerprint density at radius 1 is 1.44 bits per heavy atom. The lowest BCUT2D eigenvalue weighted by Gasteiger charge is -2.18. The number of benzene rings is 1. The smallest absolute Gasteiger partial charge is 0.0469 e. The molecule has 0 aliphatic carbocycles. The van der Waals surface area contributed by atoms with Crippen molar-refractivity contribution in [2.75, 3.05) is 13.1 Å². The van der Waals surface area contributed by atoms with Crippen molar-refractivity contribution in [1.29, 1.82) is 0 Å². The van der Waals surface area contributed by atoms with Crippen LogP contribution in [0, 0.1) is 0 Å². The minimum Gasteiger partial charge on any atom is -0.329 e. The largest absolute Gasteiger partial charge is 0.329 e. The highest BCUT2D eigenvalue weighted by Crippen LogP contribution is 2.25. The normalized spacial score (nSPS) is 12.4. The molecule has 16 heavy (non-hydrogen) atoms. The Hall–Kier alpha value is -0.540. The van der Waals surface area contributed by atoms with Crippen molar-refractivity contribution < 1.29 is 0 Å². The predicted molar refractivity (Wildman–Crippen MR) is 71.1 cm³/mol. The Morgan fingerprint density at radius 3 is 2.75 bits per heavy atom. The first-order valence-corrected chi connectivity index (χ1v) is 5.94. The van der Waals surface area contributed by atoms with Gasteiger partial charge in [0.2, 0.25) is 0 Å². The van der Waals surface area contributed by atoms with Gasteiger partial charge < -0.3 is 11.1 Å². The zero-order valence-corrected chi connectivity index (χ0v) is 10.6. The van der Waals surface area contributed by atoms with Crippen molar-refractivity contribution >= 4 is 23.2 Å². The fourth-order valence-electron chi connectivity index (χ4n) is 1.46. The number of nitrogens with two attached hydrogens (primary N) is 1. The maximum atomic E-state index is 6.12. The Kier molecular flexibility index (Phi) is 5.85. The van der Waals surface area contributed by atoms with Gasteiger partial charge in [-0.3, -0.25) is 0 Å². The summed E-state index contributed by atoms with van der Waals surface area (Å²) in [6.45, 7) is 5.01. The van der Waals surface area contributed by atoms with Gasteiger partial charge in [-0.15, -0.1) is 6.58 Å². The molecule has 4 heteroatoms. The topological polar surface area (TPSA) is 38.0 Å². The van der Waals surface area contributed by atoms with Crippen LogP contribution in [0.4, 0.5) is 0 Å². The van der Waals surface area contributed by atoms with E-state index < -0.39 is 0 Å². The molecule has 88 valence electrons. The molecule has 0 aromatic heterocycles. The second kappa shape index (κ2) is 6.92. The molecule has 1 atom stereocenters. The van der Waals surface area contributed by atoms with Crippen LogP contribution < -0.4 is 11.1 Å². The number of rotatable bonds is 6. The van der Waals surface area contributed by atoms with Crippen molar-refractivity contribution in [2.45, 2.75) is 12.5 Å². The van der Waals surface area contributed by atoms with E-state index >= 15 is 0 Å². The summed E-state index contributed by atoms with van der Waals surface area (Å²) in [6.07, 6.45) is 2.77. The van der Waals surface area contributed by atoms with Crippen LogP contribution in [-0.2, 0) is 0 Å². The summed E-state index contributed by atoms with van der Waals surface area (Å²) in [6, 6.07) is 5.52. The SMILES string of the molecule is C=CCCNC(CN)c1ccc(Cl)cc1Cl. The summed E-state index contributed by atoms with van der Waals surface area (Å²) in [5, 5.41) is 4.61. The zero-order chi connectivity index (χ0) is 12.0. The molecule has 3 N–H and O–H groups in total. The Morgan fingerprint density at radius 2 is 2.19 bits per heavy atom. The molecule has 0 amide bonds. The minimum absolute atomic E-state index is 0.0599. The van der Waals surface area contributed by atoms with Crippen LogP contribution in [-0.4, -0.2) is 13.1 Å². The highest BCUT2D eigenvalue weighted by atomic mass is 35.5. The van der Waals surface area contributed by atoms with Crippen molar-refractivity contribution in [3.05, 3.63) is 46.5 Å². The van der Waals surface area contributed by atoms with Gasteiger partial charge in [0.15, 0.2) is 0 Å². The van der Waals surface area contributed by atoms with Gasteiger partial charge in [-0.05, 0) is 30.7 Å². The molecule has 1 unspecified atom stereocenters. The number of nitrogens with one attached hydrogen (secondary N) is 1. The third kappa shape index (κ3) is 3.80. The van der Waals surface area contributed by atoms with Crippen molar-refractivity contribution in [2.24, 2.45) is 5.73 Å². The van der Waals surface area contributed by atoms with Crippen molar-refractivity contribution in [3.8, 4) is 0 Å². The Bertz CT molecular complexity index is 353. The lowest BCUT2D eigenvalue weighted by atomic mass is 10.1. The standard InChI is InChI=1S/C12H16Cl2N2/c1-2-3-6-16-12(8-15)10-5-4-9(13)7-11(10)14/h2,4-5,7,12,16H,1,3,6,8,15H2. The number of hydrogen-bond donors (Lipinski definition) is 2. The summed E-state index contributed by atoms with van der Waals surface area (Å²) in [5.74, 6) is 0. The molecule has 0 saturated carbocycles. The second-order valence-electron chi connectivity index (χ2n) is 3.49. The molecule has 2 nitrogen and oxygen atoms in total. The molecule has 0 spiro atoms. The van der Waals surface area contributed by atoms with E-state index in [1.54, 1.807) is 6.07 Å². The first kappa shape index (κ1) is 13.5. The van der Waals surface area contributed by atoms with Gasteiger partial charge in [0.1, 0.15) is 0 Å². The zero-order valence-electron chi connectivity index (χ0n) is 9.05. The molecule has 0 heterocycles. The third-order valence-electron chi connectivity index (χ3n) is 2.31. The molecular formula is C12H16Cl2N2. The number of halogens is 2. The average molecular weight is 259 g/mol. The Balaban J connectivity index is 2.74. The quantitative estimate of drug-likeness (QED) is 0.608. The summed E-state index contributed by atoms with van der Waals surface area (Å²) in [7, 11) is 0. The van der Waals surface area contributed by atoms with E-state index in [-0.39, 0.29) is 6.04 Å². The minimum atomic E-state index is 0.0599. The van der Waals surface area contributed by atoms with Crippen LogP contribution in [0.3, 0.4) is 0 Å². The number of hydrogen-bond acceptors (Lipinski definition) is 2. The fraction of sp³-hybridized carbons (Fsp3) is 0.333. The van der Waals surface area contributed by atoms with E-state index in [0.29, 0.717) is 16.6 Å². The predicted octanol–water partition coefficient (Wildman–Crippen LogP) is 3.16. The van der Waals surface area contributed by atoms with Crippen LogP contribution in [0.1, 0.15) is 18.0 Å². The first-order valence-electron chi connectivity index (χ1n) is 5.18. The van der Waals surface area contributed by atoms with Gasteiger partial charge in [-0.25, -0.2) is 0 Å². The molecule has 1 aromatic carbocycles. The van der Waals surface area contributed by atoms with Gasteiger partial charge in [0.05, 0.1) is 0 Å². The molecule has 1 aromatic rings. The van der Waals surface area contributed by atoms with E-state index in [1.807, 2.05) is 18.2 Å². The highest BCUT2D eigenvalue weighted by Gasteiger charge is 2.12. The third-order valence-corrected chi connectivity index (χ3v) is 2.88. The molecule has 0 fully saturated rings. The molecule has 0 saturated heterocycles.